The third-order valence-electron chi connectivity index (χ3n) is 4.63. The first-order valence-corrected chi connectivity index (χ1v) is 8.93. The molecule has 1 aliphatic rings. The molecular weight excluding hydrogens is 328 g/mol. The highest BCUT2D eigenvalue weighted by Crippen LogP contribution is 2.31. The molecule has 2 atom stereocenters. The second-order valence-electron chi connectivity index (χ2n) is 6.58. The van der Waals surface area contributed by atoms with Crippen LogP contribution in [0.5, 0.6) is 0 Å². The van der Waals surface area contributed by atoms with Crippen LogP contribution in [0.4, 0.5) is 4.79 Å². The van der Waals surface area contributed by atoms with Crippen LogP contribution in [-0.4, -0.2) is 29.5 Å². The van der Waals surface area contributed by atoms with Crippen molar-refractivity contribution < 1.29 is 14.3 Å². The van der Waals surface area contributed by atoms with Gasteiger partial charge >= 0.3 is 6.09 Å². The zero-order chi connectivity index (χ0) is 18.4. The van der Waals surface area contributed by atoms with E-state index in [1.807, 2.05) is 60.7 Å². The molecule has 0 saturated carbocycles. The van der Waals surface area contributed by atoms with Gasteiger partial charge < -0.3 is 15.0 Å². The number of piperidine rings is 1. The number of hydrogen-bond acceptors (Lipinski definition) is 3. The molecule has 1 fully saturated rings. The van der Waals surface area contributed by atoms with Gasteiger partial charge in [-0.05, 0) is 24.0 Å². The van der Waals surface area contributed by atoms with Crippen LogP contribution < -0.4 is 5.32 Å². The van der Waals surface area contributed by atoms with Crippen molar-refractivity contribution in [2.75, 3.05) is 6.54 Å². The van der Waals surface area contributed by atoms with Gasteiger partial charge in [-0.1, -0.05) is 60.7 Å². The Hall–Kier alpha value is -2.82. The van der Waals surface area contributed by atoms with E-state index < -0.39 is 0 Å². The predicted octanol–water partition coefficient (Wildman–Crippen LogP) is 3.67. The van der Waals surface area contributed by atoms with Gasteiger partial charge in [-0.2, -0.15) is 0 Å². The SMILES string of the molecule is CC(=O)N[C@H]1CCN(C(=O)OCc2ccccc2)[C@@H](c2ccccc2)C1. The molecule has 26 heavy (non-hydrogen) atoms. The minimum absolute atomic E-state index is 0.0399. The summed E-state index contributed by atoms with van der Waals surface area (Å²) >= 11 is 0. The lowest BCUT2D eigenvalue weighted by molar-refractivity contribution is -0.120. The van der Waals surface area contributed by atoms with Gasteiger partial charge in [0.1, 0.15) is 6.61 Å². The number of rotatable bonds is 4. The number of ether oxygens (including phenoxy) is 1. The molecule has 1 aliphatic heterocycles. The summed E-state index contributed by atoms with van der Waals surface area (Å²) in [7, 11) is 0. The Morgan fingerprint density at radius 1 is 1.08 bits per heavy atom. The summed E-state index contributed by atoms with van der Waals surface area (Å²) in [5, 5.41) is 2.98. The third-order valence-corrected chi connectivity index (χ3v) is 4.63. The van der Waals surface area contributed by atoms with Crippen molar-refractivity contribution in [1.29, 1.82) is 0 Å². The molecule has 2 amide bonds. The van der Waals surface area contributed by atoms with Gasteiger partial charge in [0.15, 0.2) is 0 Å². The van der Waals surface area contributed by atoms with E-state index in [4.69, 9.17) is 4.74 Å². The van der Waals surface area contributed by atoms with E-state index in [2.05, 4.69) is 5.32 Å². The third kappa shape index (κ3) is 4.63. The van der Waals surface area contributed by atoms with Crippen molar-refractivity contribution in [1.82, 2.24) is 10.2 Å². The minimum Gasteiger partial charge on any atom is -0.445 e. The first kappa shape index (κ1) is 18.0. The molecule has 0 bridgehead atoms. The van der Waals surface area contributed by atoms with E-state index in [0.717, 1.165) is 17.5 Å². The second kappa shape index (κ2) is 8.52. The monoisotopic (exact) mass is 352 g/mol. The van der Waals surface area contributed by atoms with Crippen molar-refractivity contribution >= 4 is 12.0 Å². The highest BCUT2D eigenvalue weighted by molar-refractivity contribution is 5.73. The Bertz CT molecular complexity index is 733. The lowest BCUT2D eigenvalue weighted by Gasteiger charge is -2.39. The number of carbonyl (C=O) groups is 2. The Labute approximate surface area is 154 Å². The van der Waals surface area contributed by atoms with Crippen LogP contribution >= 0.6 is 0 Å². The molecule has 2 aromatic carbocycles. The maximum atomic E-state index is 12.7. The van der Waals surface area contributed by atoms with Crippen molar-refractivity contribution in [2.45, 2.75) is 38.5 Å². The number of nitrogens with zero attached hydrogens (tertiary/aromatic N) is 1. The minimum atomic E-state index is -0.316. The summed E-state index contributed by atoms with van der Waals surface area (Å²) in [6, 6.07) is 19.5. The van der Waals surface area contributed by atoms with E-state index in [1.54, 1.807) is 4.90 Å². The van der Waals surface area contributed by atoms with Crippen LogP contribution in [-0.2, 0) is 16.1 Å². The van der Waals surface area contributed by atoms with Crippen LogP contribution in [0.25, 0.3) is 0 Å². The molecule has 3 rings (SSSR count). The van der Waals surface area contributed by atoms with E-state index in [9.17, 15) is 9.59 Å². The second-order valence-corrected chi connectivity index (χ2v) is 6.58. The number of likely N-dealkylation sites (tertiary alicyclic amines) is 1. The van der Waals surface area contributed by atoms with E-state index in [-0.39, 0.29) is 30.7 Å². The van der Waals surface area contributed by atoms with Crippen molar-refractivity contribution in [2.24, 2.45) is 0 Å². The zero-order valence-corrected chi connectivity index (χ0v) is 14.9. The molecule has 2 aromatic rings. The van der Waals surface area contributed by atoms with Gasteiger partial charge in [-0.15, -0.1) is 0 Å². The smallest absolute Gasteiger partial charge is 0.410 e. The summed E-state index contributed by atoms with van der Waals surface area (Å²) < 4.78 is 5.54. The molecule has 1 heterocycles. The highest BCUT2D eigenvalue weighted by Gasteiger charge is 2.33. The van der Waals surface area contributed by atoms with E-state index >= 15 is 0 Å². The first-order valence-electron chi connectivity index (χ1n) is 8.93. The molecular formula is C21H24N2O3. The molecule has 1 N–H and O–H groups in total. The molecule has 0 unspecified atom stereocenters. The summed E-state index contributed by atoms with van der Waals surface area (Å²) in [5.74, 6) is -0.0399. The number of hydrogen-bond donors (Lipinski definition) is 1. The lowest BCUT2D eigenvalue weighted by Crippen LogP contribution is -2.47. The molecule has 0 aliphatic carbocycles. The molecule has 5 heteroatoms. The van der Waals surface area contributed by atoms with Gasteiger partial charge in [0, 0.05) is 19.5 Å². The average Bonchev–Trinajstić information content (AvgIpc) is 2.67. The fourth-order valence-electron chi connectivity index (χ4n) is 3.40. The summed E-state index contributed by atoms with van der Waals surface area (Å²) in [6.07, 6.45) is 1.09. The van der Waals surface area contributed by atoms with Gasteiger partial charge in [0.25, 0.3) is 0 Å². The highest BCUT2D eigenvalue weighted by atomic mass is 16.6. The standard InChI is InChI=1S/C21H24N2O3/c1-16(24)22-19-12-13-23(20(14-19)18-10-6-3-7-11-18)21(25)26-15-17-8-4-2-5-9-17/h2-11,19-20H,12-15H2,1H3,(H,22,24)/t19-,20+/m0/s1. The molecule has 0 aromatic heterocycles. The molecule has 136 valence electrons. The number of carbonyl (C=O) groups excluding carboxylic acids is 2. The Balaban J connectivity index is 1.71. The summed E-state index contributed by atoms with van der Waals surface area (Å²) in [4.78, 5) is 25.9. The Kier molecular flexibility index (Phi) is 5.89. The van der Waals surface area contributed by atoms with Crippen LogP contribution in [0.15, 0.2) is 60.7 Å². The predicted molar refractivity (Wildman–Crippen MR) is 99.4 cm³/mol. The molecule has 5 nitrogen and oxygen atoms in total. The van der Waals surface area contributed by atoms with Crippen LogP contribution in [0.1, 0.15) is 36.9 Å². The first-order chi connectivity index (χ1) is 12.6. The van der Waals surface area contributed by atoms with Crippen LogP contribution in [0.3, 0.4) is 0 Å². The summed E-state index contributed by atoms with van der Waals surface area (Å²) in [6.45, 7) is 2.34. The fraction of sp³-hybridized carbons (Fsp3) is 0.333. The Morgan fingerprint density at radius 2 is 1.73 bits per heavy atom. The van der Waals surface area contributed by atoms with Gasteiger partial charge in [0.05, 0.1) is 6.04 Å². The Morgan fingerprint density at radius 3 is 2.38 bits per heavy atom. The van der Waals surface area contributed by atoms with Crippen molar-refractivity contribution in [3.05, 3.63) is 71.8 Å². The summed E-state index contributed by atoms with van der Waals surface area (Å²) in [5.41, 5.74) is 2.02. The van der Waals surface area contributed by atoms with E-state index in [0.29, 0.717) is 13.0 Å². The number of benzene rings is 2. The quantitative estimate of drug-likeness (QED) is 0.913. The zero-order valence-electron chi connectivity index (χ0n) is 14.9. The molecule has 1 saturated heterocycles. The van der Waals surface area contributed by atoms with Crippen LogP contribution in [0, 0.1) is 0 Å². The maximum Gasteiger partial charge on any atom is 0.410 e. The maximum absolute atomic E-state index is 12.7. The fourth-order valence-corrected chi connectivity index (χ4v) is 3.40. The van der Waals surface area contributed by atoms with Gasteiger partial charge in [0.2, 0.25) is 5.91 Å². The lowest BCUT2D eigenvalue weighted by atomic mass is 9.92. The van der Waals surface area contributed by atoms with E-state index in [1.165, 1.54) is 6.92 Å². The van der Waals surface area contributed by atoms with Gasteiger partial charge in [-0.3, -0.25) is 4.79 Å². The normalized spacial score (nSPS) is 19.7. The van der Waals surface area contributed by atoms with Crippen molar-refractivity contribution in [3.8, 4) is 0 Å². The van der Waals surface area contributed by atoms with Crippen LogP contribution in [0.2, 0.25) is 0 Å². The molecule has 0 spiro atoms. The average molecular weight is 352 g/mol. The molecule has 0 radical (unpaired) electrons. The van der Waals surface area contributed by atoms with Gasteiger partial charge in [-0.25, -0.2) is 4.79 Å². The topological polar surface area (TPSA) is 58.6 Å². The van der Waals surface area contributed by atoms with Crippen molar-refractivity contribution in [3.63, 3.8) is 0 Å². The number of amides is 2. The number of nitrogens with one attached hydrogen (secondary N) is 1. The largest absolute Gasteiger partial charge is 0.445 e.